The Labute approximate surface area is 144 Å². The van der Waals surface area contributed by atoms with Gasteiger partial charge in [0.25, 0.3) is 0 Å². The van der Waals surface area contributed by atoms with E-state index >= 15 is 0 Å². The van der Waals surface area contributed by atoms with Gasteiger partial charge in [-0.1, -0.05) is 34.1 Å². The molecule has 2 rings (SSSR count). The number of rotatable bonds is 2. The molecule has 0 radical (unpaired) electrons. The third kappa shape index (κ3) is 3.50. The lowest BCUT2D eigenvalue weighted by molar-refractivity contribution is 0.377. The first-order chi connectivity index (χ1) is 11.0. The van der Waals surface area contributed by atoms with Gasteiger partial charge in [0, 0.05) is 10.0 Å². The van der Waals surface area contributed by atoms with Gasteiger partial charge in [0.15, 0.2) is 23.3 Å². The van der Waals surface area contributed by atoms with Crippen molar-refractivity contribution in [1.29, 1.82) is 0 Å². The molecular weight excluding hydrogens is 393 g/mol. The minimum atomic E-state index is -2.20. The number of halogens is 6. The summed E-state index contributed by atoms with van der Waals surface area (Å²) in [6, 6.07) is 6.29. The summed E-state index contributed by atoms with van der Waals surface area (Å²) in [6.45, 7) is 4.95. The fraction of sp³-hybridized carbons (Fsp3) is 0.235. The van der Waals surface area contributed by atoms with Gasteiger partial charge in [-0.2, -0.15) is 0 Å². The van der Waals surface area contributed by atoms with E-state index in [-0.39, 0.29) is 11.3 Å². The molecule has 0 spiro atoms. The zero-order valence-corrected chi connectivity index (χ0v) is 14.6. The molecule has 0 bridgehead atoms. The molecule has 2 aromatic rings. The van der Waals surface area contributed by atoms with Crippen LogP contribution in [0.1, 0.15) is 31.9 Å². The van der Waals surface area contributed by atoms with E-state index in [0.717, 1.165) is 0 Å². The highest BCUT2D eigenvalue weighted by Crippen LogP contribution is 2.29. The Morgan fingerprint density at radius 2 is 1.29 bits per heavy atom. The minimum absolute atomic E-state index is 0.218. The molecule has 0 aromatic heterocycles. The lowest BCUT2D eigenvalue weighted by Crippen LogP contribution is -2.20. The average molecular weight is 406 g/mol. The predicted octanol–water partition coefficient (Wildman–Crippen LogP) is 5.78. The molecule has 128 valence electrons. The summed E-state index contributed by atoms with van der Waals surface area (Å²) in [4.78, 5) is 4.19. The SMILES string of the molecule is CC(C)(C)N=C(c1ccccc1Br)c1c(F)c(F)c(F)c(F)c1F. The first-order valence-corrected chi connectivity index (χ1v) is 7.70. The molecule has 0 fully saturated rings. The van der Waals surface area contributed by atoms with Crippen LogP contribution in [0, 0.1) is 29.1 Å². The standard InChI is InChI=1S/C17H13BrF5N/c1-17(2,3)24-16(8-6-4-5-7-9(8)18)10-11(19)13(21)15(23)14(22)12(10)20/h4-7H,1-3H3. The van der Waals surface area contributed by atoms with Crippen LogP contribution in [0.5, 0.6) is 0 Å². The van der Waals surface area contributed by atoms with Gasteiger partial charge in [0.05, 0.1) is 16.8 Å². The molecular formula is C17H13BrF5N. The number of hydrogen-bond donors (Lipinski definition) is 0. The van der Waals surface area contributed by atoms with Gasteiger partial charge in [0.2, 0.25) is 5.82 Å². The van der Waals surface area contributed by atoms with Crippen molar-refractivity contribution in [3.8, 4) is 0 Å². The molecule has 0 aliphatic heterocycles. The van der Waals surface area contributed by atoms with E-state index in [1.54, 1.807) is 39.0 Å². The number of hydrogen-bond acceptors (Lipinski definition) is 1. The molecule has 0 saturated carbocycles. The van der Waals surface area contributed by atoms with Crippen LogP contribution in [0.25, 0.3) is 0 Å². The summed E-state index contributed by atoms with van der Waals surface area (Å²) in [5.41, 5.74) is -1.96. The molecule has 0 amide bonds. The Morgan fingerprint density at radius 1 is 0.833 bits per heavy atom. The van der Waals surface area contributed by atoms with Gasteiger partial charge in [-0.3, -0.25) is 4.99 Å². The molecule has 2 aromatic carbocycles. The van der Waals surface area contributed by atoms with Crippen molar-refractivity contribution in [2.24, 2.45) is 4.99 Å². The van der Waals surface area contributed by atoms with E-state index in [9.17, 15) is 22.0 Å². The predicted molar refractivity (Wildman–Crippen MR) is 85.8 cm³/mol. The highest BCUT2D eigenvalue weighted by molar-refractivity contribution is 9.10. The average Bonchev–Trinajstić information content (AvgIpc) is 2.49. The maximum Gasteiger partial charge on any atom is 0.200 e. The van der Waals surface area contributed by atoms with Crippen molar-refractivity contribution < 1.29 is 22.0 Å². The van der Waals surface area contributed by atoms with E-state index in [1.165, 1.54) is 6.07 Å². The molecule has 0 atom stereocenters. The number of benzene rings is 2. The first kappa shape index (κ1) is 18.6. The van der Waals surface area contributed by atoms with Crippen LogP contribution < -0.4 is 0 Å². The van der Waals surface area contributed by atoms with Gasteiger partial charge in [-0.15, -0.1) is 0 Å². The van der Waals surface area contributed by atoms with Gasteiger partial charge in [-0.05, 0) is 26.8 Å². The van der Waals surface area contributed by atoms with Crippen LogP contribution in [0.4, 0.5) is 22.0 Å². The fourth-order valence-electron chi connectivity index (χ4n) is 2.05. The van der Waals surface area contributed by atoms with E-state index in [4.69, 9.17) is 0 Å². The van der Waals surface area contributed by atoms with Crippen molar-refractivity contribution in [2.75, 3.05) is 0 Å². The molecule has 0 heterocycles. The highest BCUT2D eigenvalue weighted by atomic mass is 79.9. The Hall–Kier alpha value is -1.76. The molecule has 1 nitrogen and oxygen atoms in total. The molecule has 0 unspecified atom stereocenters. The van der Waals surface area contributed by atoms with Gasteiger partial charge < -0.3 is 0 Å². The van der Waals surface area contributed by atoms with Crippen LogP contribution in [0.2, 0.25) is 0 Å². The van der Waals surface area contributed by atoms with Crippen molar-refractivity contribution in [1.82, 2.24) is 0 Å². The van der Waals surface area contributed by atoms with Crippen LogP contribution >= 0.6 is 15.9 Å². The van der Waals surface area contributed by atoms with Crippen molar-refractivity contribution >= 4 is 21.6 Å². The summed E-state index contributed by atoms with van der Waals surface area (Å²) in [6.07, 6.45) is 0. The second-order valence-electron chi connectivity index (χ2n) is 6.06. The Balaban J connectivity index is 2.91. The van der Waals surface area contributed by atoms with Gasteiger partial charge in [-0.25, -0.2) is 22.0 Å². The Kier molecular flexibility index (Phi) is 5.13. The van der Waals surface area contributed by atoms with E-state index in [0.29, 0.717) is 4.47 Å². The monoisotopic (exact) mass is 405 g/mol. The second-order valence-corrected chi connectivity index (χ2v) is 6.91. The summed E-state index contributed by atoms with van der Waals surface area (Å²) in [7, 11) is 0. The molecule has 0 N–H and O–H groups in total. The zero-order chi connectivity index (χ0) is 18.2. The fourth-order valence-corrected chi connectivity index (χ4v) is 2.52. The minimum Gasteiger partial charge on any atom is -0.278 e. The van der Waals surface area contributed by atoms with Crippen molar-refractivity contribution in [3.05, 3.63) is 69.0 Å². The van der Waals surface area contributed by atoms with Gasteiger partial charge in [0.1, 0.15) is 0 Å². The lowest BCUT2D eigenvalue weighted by Gasteiger charge is -2.19. The molecule has 7 heteroatoms. The lowest BCUT2D eigenvalue weighted by atomic mass is 9.98. The zero-order valence-electron chi connectivity index (χ0n) is 13.0. The Bertz CT molecular complexity index is 795. The highest BCUT2D eigenvalue weighted by Gasteiger charge is 2.30. The van der Waals surface area contributed by atoms with E-state index in [2.05, 4.69) is 20.9 Å². The van der Waals surface area contributed by atoms with E-state index in [1.807, 2.05) is 0 Å². The van der Waals surface area contributed by atoms with Crippen molar-refractivity contribution in [2.45, 2.75) is 26.3 Å². The maximum absolute atomic E-state index is 14.2. The summed E-state index contributed by atoms with van der Waals surface area (Å²) in [5, 5.41) is 0. The third-order valence-corrected chi connectivity index (χ3v) is 3.71. The normalized spacial score (nSPS) is 12.6. The van der Waals surface area contributed by atoms with E-state index < -0.39 is 40.2 Å². The van der Waals surface area contributed by atoms with Crippen LogP contribution in [0.15, 0.2) is 33.7 Å². The molecule has 24 heavy (non-hydrogen) atoms. The second kappa shape index (κ2) is 6.63. The quantitative estimate of drug-likeness (QED) is 0.260. The molecule has 0 aliphatic carbocycles. The summed E-state index contributed by atoms with van der Waals surface area (Å²) < 4.78 is 69.3. The maximum atomic E-state index is 14.2. The smallest absolute Gasteiger partial charge is 0.200 e. The topological polar surface area (TPSA) is 12.4 Å². The Morgan fingerprint density at radius 3 is 1.75 bits per heavy atom. The number of aliphatic imine (C=N–C) groups is 1. The number of nitrogens with zero attached hydrogens (tertiary/aromatic N) is 1. The van der Waals surface area contributed by atoms with Crippen LogP contribution in [0.3, 0.4) is 0 Å². The largest absolute Gasteiger partial charge is 0.278 e. The van der Waals surface area contributed by atoms with Crippen LogP contribution in [-0.4, -0.2) is 11.3 Å². The first-order valence-electron chi connectivity index (χ1n) is 6.91. The van der Waals surface area contributed by atoms with Gasteiger partial charge >= 0.3 is 0 Å². The van der Waals surface area contributed by atoms with Crippen LogP contribution in [-0.2, 0) is 0 Å². The third-order valence-electron chi connectivity index (χ3n) is 3.02. The summed E-state index contributed by atoms with van der Waals surface area (Å²) >= 11 is 3.22. The molecule has 0 saturated heterocycles. The summed E-state index contributed by atoms with van der Waals surface area (Å²) in [5.74, 6) is -10.0. The molecule has 0 aliphatic rings. The van der Waals surface area contributed by atoms with Crippen molar-refractivity contribution in [3.63, 3.8) is 0 Å².